The number of ether oxygens (including phenoxy) is 1. The number of nitrogens with one attached hydrogen (secondary N) is 1. The molecule has 0 radical (unpaired) electrons. The molecule has 1 saturated carbocycles. The van der Waals surface area contributed by atoms with Gasteiger partial charge in [0.25, 0.3) is 0 Å². The highest BCUT2D eigenvalue weighted by Crippen LogP contribution is 2.29. The summed E-state index contributed by atoms with van der Waals surface area (Å²) in [5, 5.41) is 3.70. The third kappa shape index (κ3) is 3.49. The van der Waals surface area contributed by atoms with Gasteiger partial charge in [-0.3, -0.25) is 0 Å². The highest BCUT2D eigenvalue weighted by molar-refractivity contribution is 5.51. The quantitative estimate of drug-likeness (QED) is 0.841. The van der Waals surface area contributed by atoms with Crippen molar-refractivity contribution in [2.24, 2.45) is 5.92 Å². The highest BCUT2D eigenvalue weighted by Gasteiger charge is 2.20. The molecule has 0 spiro atoms. The van der Waals surface area contributed by atoms with E-state index in [9.17, 15) is 0 Å². The second kappa shape index (κ2) is 6.79. The summed E-state index contributed by atoms with van der Waals surface area (Å²) in [5.41, 5.74) is 2.51. The van der Waals surface area contributed by atoms with Crippen LogP contribution >= 0.6 is 0 Å². The molecule has 0 bridgehead atoms. The minimum Gasteiger partial charge on any atom is -0.382 e. The SMILES string of the molecule is CCC1CCC(Nc2ccccc2COC)CC1. The summed E-state index contributed by atoms with van der Waals surface area (Å²) in [5.74, 6) is 0.956. The molecule has 2 heteroatoms. The van der Waals surface area contributed by atoms with Crippen molar-refractivity contribution in [2.45, 2.75) is 51.7 Å². The molecule has 2 nitrogen and oxygen atoms in total. The van der Waals surface area contributed by atoms with Crippen LogP contribution in [0.1, 0.15) is 44.6 Å². The number of anilines is 1. The van der Waals surface area contributed by atoms with E-state index >= 15 is 0 Å². The van der Waals surface area contributed by atoms with Crippen molar-refractivity contribution in [2.75, 3.05) is 12.4 Å². The van der Waals surface area contributed by atoms with Gasteiger partial charge in [-0.2, -0.15) is 0 Å². The van der Waals surface area contributed by atoms with Gasteiger partial charge in [-0.1, -0.05) is 31.5 Å². The van der Waals surface area contributed by atoms with E-state index in [1.807, 2.05) is 0 Å². The zero-order valence-corrected chi connectivity index (χ0v) is 11.6. The Morgan fingerprint density at radius 2 is 1.89 bits per heavy atom. The fourth-order valence-corrected chi connectivity index (χ4v) is 2.88. The maximum Gasteiger partial charge on any atom is 0.0733 e. The Hall–Kier alpha value is -1.02. The predicted octanol–water partition coefficient (Wildman–Crippen LogP) is 4.21. The van der Waals surface area contributed by atoms with Crippen molar-refractivity contribution < 1.29 is 4.74 Å². The Kier molecular flexibility index (Phi) is 5.06. The molecule has 0 saturated heterocycles. The first-order chi connectivity index (χ1) is 8.83. The number of methoxy groups -OCH3 is 1. The molecule has 1 aromatic carbocycles. The zero-order chi connectivity index (χ0) is 12.8. The molecule has 1 aliphatic rings. The normalized spacial score (nSPS) is 23.9. The fraction of sp³-hybridized carbons (Fsp3) is 0.625. The Labute approximate surface area is 111 Å². The molecule has 0 unspecified atom stereocenters. The maximum absolute atomic E-state index is 5.25. The Morgan fingerprint density at radius 1 is 1.17 bits per heavy atom. The van der Waals surface area contributed by atoms with E-state index in [-0.39, 0.29) is 0 Å². The minimum atomic E-state index is 0.644. The lowest BCUT2D eigenvalue weighted by atomic mass is 9.84. The van der Waals surface area contributed by atoms with Crippen LogP contribution in [0.2, 0.25) is 0 Å². The molecular formula is C16H25NO. The van der Waals surface area contributed by atoms with Gasteiger partial charge in [-0.15, -0.1) is 0 Å². The van der Waals surface area contributed by atoms with Gasteiger partial charge in [0.05, 0.1) is 6.61 Å². The summed E-state index contributed by atoms with van der Waals surface area (Å²) in [7, 11) is 1.75. The van der Waals surface area contributed by atoms with Gasteiger partial charge in [0.15, 0.2) is 0 Å². The molecule has 1 aromatic rings. The maximum atomic E-state index is 5.25. The molecule has 0 aliphatic heterocycles. The lowest BCUT2D eigenvalue weighted by Crippen LogP contribution is -2.26. The van der Waals surface area contributed by atoms with E-state index in [0.717, 1.165) is 5.92 Å². The Bertz CT molecular complexity index is 356. The molecule has 1 N–H and O–H groups in total. The first-order valence-electron chi connectivity index (χ1n) is 7.16. The first-order valence-corrected chi connectivity index (χ1v) is 7.16. The van der Waals surface area contributed by atoms with Crippen LogP contribution in [0, 0.1) is 5.92 Å². The minimum absolute atomic E-state index is 0.644. The second-order valence-electron chi connectivity index (χ2n) is 5.36. The molecule has 0 atom stereocenters. The lowest BCUT2D eigenvalue weighted by Gasteiger charge is -2.29. The molecule has 100 valence electrons. The average Bonchev–Trinajstić information content (AvgIpc) is 2.42. The Balaban J connectivity index is 1.93. The van der Waals surface area contributed by atoms with Gasteiger partial charge in [0.2, 0.25) is 0 Å². The summed E-state index contributed by atoms with van der Waals surface area (Å²) in [6, 6.07) is 9.13. The Morgan fingerprint density at radius 3 is 2.56 bits per heavy atom. The molecule has 0 amide bonds. The summed E-state index contributed by atoms with van der Waals surface area (Å²) in [4.78, 5) is 0. The smallest absolute Gasteiger partial charge is 0.0733 e. The summed E-state index contributed by atoms with van der Waals surface area (Å²) in [6.45, 7) is 3.00. The molecule has 1 fully saturated rings. The van der Waals surface area contributed by atoms with Crippen LogP contribution in [0.5, 0.6) is 0 Å². The lowest BCUT2D eigenvalue weighted by molar-refractivity contribution is 0.185. The number of para-hydroxylation sites is 1. The van der Waals surface area contributed by atoms with Crippen molar-refractivity contribution in [1.82, 2.24) is 0 Å². The fourth-order valence-electron chi connectivity index (χ4n) is 2.88. The van der Waals surface area contributed by atoms with E-state index < -0.39 is 0 Å². The third-order valence-corrected chi connectivity index (χ3v) is 4.10. The van der Waals surface area contributed by atoms with Crippen molar-refractivity contribution in [3.63, 3.8) is 0 Å². The van der Waals surface area contributed by atoms with Crippen molar-refractivity contribution in [3.8, 4) is 0 Å². The topological polar surface area (TPSA) is 21.3 Å². The van der Waals surface area contributed by atoms with Gasteiger partial charge in [-0.05, 0) is 37.7 Å². The van der Waals surface area contributed by atoms with Crippen LogP contribution < -0.4 is 5.32 Å². The average molecular weight is 247 g/mol. The van der Waals surface area contributed by atoms with Gasteiger partial charge in [0, 0.05) is 24.4 Å². The third-order valence-electron chi connectivity index (χ3n) is 4.10. The largest absolute Gasteiger partial charge is 0.382 e. The van der Waals surface area contributed by atoms with E-state index in [2.05, 4.69) is 36.5 Å². The zero-order valence-electron chi connectivity index (χ0n) is 11.6. The number of hydrogen-bond donors (Lipinski definition) is 1. The molecule has 18 heavy (non-hydrogen) atoms. The van der Waals surface area contributed by atoms with E-state index in [1.165, 1.54) is 43.4 Å². The molecule has 1 aliphatic carbocycles. The predicted molar refractivity (Wildman–Crippen MR) is 76.8 cm³/mol. The van der Waals surface area contributed by atoms with Crippen LogP contribution in [-0.2, 0) is 11.3 Å². The van der Waals surface area contributed by atoms with Gasteiger partial charge < -0.3 is 10.1 Å². The van der Waals surface area contributed by atoms with E-state index in [4.69, 9.17) is 4.74 Å². The van der Waals surface area contributed by atoms with Gasteiger partial charge in [-0.25, -0.2) is 0 Å². The summed E-state index contributed by atoms with van der Waals surface area (Å²) in [6.07, 6.45) is 6.70. The number of hydrogen-bond acceptors (Lipinski definition) is 2. The molecule has 0 aromatic heterocycles. The molecule has 2 rings (SSSR count). The summed E-state index contributed by atoms with van der Waals surface area (Å²) >= 11 is 0. The van der Waals surface area contributed by atoms with Crippen molar-refractivity contribution in [1.29, 1.82) is 0 Å². The second-order valence-corrected chi connectivity index (χ2v) is 5.36. The highest BCUT2D eigenvalue weighted by atomic mass is 16.5. The van der Waals surface area contributed by atoms with Crippen molar-refractivity contribution >= 4 is 5.69 Å². The van der Waals surface area contributed by atoms with Crippen LogP contribution in [0.15, 0.2) is 24.3 Å². The number of rotatable bonds is 5. The molecular weight excluding hydrogens is 222 g/mol. The van der Waals surface area contributed by atoms with Crippen LogP contribution in [0.3, 0.4) is 0 Å². The number of benzene rings is 1. The van der Waals surface area contributed by atoms with E-state index in [1.54, 1.807) is 7.11 Å². The van der Waals surface area contributed by atoms with E-state index in [0.29, 0.717) is 12.6 Å². The van der Waals surface area contributed by atoms with Crippen LogP contribution in [-0.4, -0.2) is 13.2 Å². The molecule has 0 heterocycles. The summed E-state index contributed by atoms with van der Waals surface area (Å²) < 4.78 is 5.25. The standard InChI is InChI=1S/C16H25NO/c1-3-13-8-10-15(11-9-13)17-16-7-5-4-6-14(16)12-18-2/h4-7,13,15,17H,3,8-12H2,1-2H3. The van der Waals surface area contributed by atoms with Crippen LogP contribution in [0.25, 0.3) is 0 Å². The monoisotopic (exact) mass is 247 g/mol. The first kappa shape index (κ1) is 13.4. The van der Waals surface area contributed by atoms with Crippen LogP contribution in [0.4, 0.5) is 5.69 Å². The van der Waals surface area contributed by atoms with Gasteiger partial charge in [0.1, 0.15) is 0 Å². The van der Waals surface area contributed by atoms with Crippen molar-refractivity contribution in [3.05, 3.63) is 29.8 Å². The van der Waals surface area contributed by atoms with Gasteiger partial charge >= 0.3 is 0 Å².